The van der Waals surface area contributed by atoms with Gasteiger partial charge in [0.2, 0.25) is 0 Å². The molecular formula is C62H69BN2S. The first-order valence-corrected chi connectivity index (χ1v) is 25.9. The van der Waals surface area contributed by atoms with Gasteiger partial charge in [-0.3, -0.25) is 0 Å². The number of aryl methyl sites for hydroxylation is 3. The van der Waals surface area contributed by atoms with Crippen LogP contribution >= 0.6 is 11.3 Å². The minimum atomic E-state index is 0.0616. The lowest BCUT2D eigenvalue weighted by Crippen LogP contribution is -2.61. The van der Waals surface area contributed by atoms with Crippen molar-refractivity contribution < 1.29 is 0 Å². The van der Waals surface area contributed by atoms with E-state index < -0.39 is 0 Å². The van der Waals surface area contributed by atoms with Crippen molar-refractivity contribution in [2.75, 3.05) is 9.80 Å². The molecule has 7 aromatic rings. The normalized spacial score (nSPS) is 20.7. The van der Waals surface area contributed by atoms with Crippen molar-refractivity contribution in [1.82, 2.24) is 0 Å². The molecule has 0 atom stereocenters. The van der Waals surface area contributed by atoms with Gasteiger partial charge in [-0.2, -0.15) is 0 Å². The average Bonchev–Trinajstić information content (AvgIpc) is 3.68. The van der Waals surface area contributed by atoms with Crippen LogP contribution in [0, 0.1) is 20.8 Å². The Hall–Kier alpha value is -4.80. The zero-order valence-corrected chi connectivity index (χ0v) is 43.3. The smallest absolute Gasteiger partial charge is 0.252 e. The topological polar surface area (TPSA) is 6.48 Å². The van der Waals surface area contributed by atoms with Crippen molar-refractivity contribution in [2.45, 2.75) is 168 Å². The van der Waals surface area contributed by atoms with Crippen molar-refractivity contribution in [1.29, 1.82) is 0 Å². The number of thiophene rings is 1. The molecule has 6 aromatic carbocycles. The fourth-order valence-electron chi connectivity index (χ4n) is 14.2. The summed E-state index contributed by atoms with van der Waals surface area (Å²) in [6.45, 7) is 36.8. The van der Waals surface area contributed by atoms with Gasteiger partial charge in [0.05, 0.1) is 0 Å². The van der Waals surface area contributed by atoms with Gasteiger partial charge in [0.25, 0.3) is 6.71 Å². The second-order valence-corrected chi connectivity index (χ2v) is 26.7. The lowest BCUT2D eigenvalue weighted by atomic mass is 9.33. The second-order valence-electron chi connectivity index (χ2n) is 25.6. The van der Waals surface area contributed by atoms with Crippen LogP contribution in [0.25, 0.3) is 20.2 Å². The molecule has 1 aromatic heterocycles. The minimum absolute atomic E-state index is 0.0616. The van der Waals surface area contributed by atoms with E-state index in [0.29, 0.717) is 0 Å². The third-order valence-corrected chi connectivity index (χ3v) is 19.1. The molecule has 0 radical (unpaired) electrons. The molecule has 12 rings (SSSR count). The maximum absolute atomic E-state index is 2.74. The van der Waals surface area contributed by atoms with E-state index in [9.17, 15) is 0 Å². The quantitative estimate of drug-likeness (QED) is 0.160. The van der Waals surface area contributed by atoms with E-state index in [2.05, 4.69) is 199 Å². The Kier molecular flexibility index (Phi) is 8.54. The molecule has 336 valence electrons. The van der Waals surface area contributed by atoms with Gasteiger partial charge < -0.3 is 9.80 Å². The molecule has 3 aliphatic carbocycles. The van der Waals surface area contributed by atoms with Crippen molar-refractivity contribution >= 4 is 88.7 Å². The molecular weight excluding hydrogens is 816 g/mol. The number of nitrogens with zero attached hydrogens (tertiary/aromatic N) is 2. The molecule has 0 saturated heterocycles. The predicted molar refractivity (Wildman–Crippen MR) is 289 cm³/mol. The number of fused-ring (bicyclic) bond motifs is 10. The van der Waals surface area contributed by atoms with Crippen LogP contribution < -0.4 is 26.2 Å². The molecule has 0 amide bonds. The van der Waals surface area contributed by atoms with E-state index in [1.165, 1.54) is 141 Å². The van der Waals surface area contributed by atoms with Gasteiger partial charge in [-0.25, -0.2) is 0 Å². The number of benzene rings is 6. The molecule has 0 bridgehead atoms. The van der Waals surface area contributed by atoms with E-state index in [1.54, 1.807) is 5.56 Å². The summed E-state index contributed by atoms with van der Waals surface area (Å²) in [4.78, 5) is 5.40. The van der Waals surface area contributed by atoms with E-state index in [-0.39, 0.29) is 39.2 Å². The number of para-hydroxylation sites is 1. The van der Waals surface area contributed by atoms with Gasteiger partial charge in [0.15, 0.2) is 0 Å². The number of hydrogen-bond acceptors (Lipinski definition) is 3. The summed E-state index contributed by atoms with van der Waals surface area (Å²) in [6, 6.07) is 35.1. The van der Waals surface area contributed by atoms with Crippen LogP contribution in [0.3, 0.4) is 0 Å². The number of rotatable bonds is 2. The summed E-state index contributed by atoms with van der Waals surface area (Å²) < 4.78 is 2.81. The zero-order chi connectivity index (χ0) is 46.6. The van der Waals surface area contributed by atoms with Gasteiger partial charge >= 0.3 is 0 Å². The predicted octanol–water partition coefficient (Wildman–Crippen LogP) is 15.7. The molecule has 2 aliphatic heterocycles. The molecule has 0 spiro atoms. The maximum Gasteiger partial charge on any atom is 0.252 e. The van der Waals surface area contributed by atoms with Gasteiger partial charge in [-0.05, 0) is 206 Å². The van der Waals surface area contributed by atoms with Crippen LogP contribution in [0.1, 0.15) is 165 Å². The van der Waals surface area contributed by atoms with Gasteiger partial charge in [0.1, 0.15) is 0 Å². The Morgan fingerprint density at radius 3 is 1.48 bits per heavy atom. The third-order valence-electron chi connectivity index (χ3n) is 18.0. The average molecular weight is 885 g/mol. The van der Waals surface area contributed by atoms with Gasteiger partial charge in [-0.1, -0.05) is 113 Å². The second kappa shape index (κ2) is 13.2. The molecule has 0 fully saturated rings. The first-order chi connectivity index (χ1) is 30.9. The highest BCUT2D eigenvalue weighted by Crippen LogP contribution is 2.56. The zero-order valence-electron chi connectivity index (χ0n) is 42.5. The fraction of sp³-hybridized carbons (Fsp3) is 0.419. The molecule has 66 heavy (non-hydrogen) atoms. The SMILES string of the molecule is Cc1cc2c3c(c1)N(c1ccccc1C)c1cc4c(cc1B3c1cc3c(cc1N2c1cc2c(cc1C)C(C)(C)CCC2(C)C)C(C)(C)CC3(C)C)sc1cc2c(cc14)C(C)(C)CCC2(C)C. The summed E-state index contributed by atoms with van der Waals surface area (Å²) >= 11 is 2.01. The first kappa shape index (κ1) is 42.6. The Morgan fingerprint density at radius 2 is 0.864 bits per heavy atom. The Bertz CT molecular complexity index is 3300. The van der Waals surface area contributed by atoms with Crippen molar-refractivity contribution in [3.05, 3.63) is 135 Å². The van der Waals surface area contributed by atoms with Crippen molar-refractivity contribution in [2.24, 2.45) is 0 Å². The molecule has 3 heterocycles. The Morgan fingerprint density at radius 1 is 0.409 bits per heavy atom. The number of hydrogen-bond donors (Lipinski definition) is 0. The van der Waals surface area contributed by atoms with Crippen LogP contribution in [-0.2, 0) is 32.5 Å². The summed E-state index contributed by atoms with van der Waals surface area (Å²) in [5.74, 6) is 0. The highest BCUT2D eigenvalue weighted by molar-refractivity contribution is 7.26. The first-order valence-electron chi connectivity index (χ1n) is 25.1. The molecule has 0 unspecified atom stereocenters. The highest BCUT2D eigenvalue weighted by atomic mass is 32.1. The van der Waals surface area contributed by atoms with Crippen LogP contribution in [0.15, 0.2) is 84.9 Å². The number of anilines is 6. The highest BCUT2D eigenvalue weighted by Gasteiger charge is 2.49. The van der Waals surface area contributed by atoms with Crippen molar-refractivity contribution in [3.8, 4) is 0 Å². The monoisotopic (exact) mass is 885 g/mol. The van der Waals surface area contributed by atoms with E-state index >= 15 is 0 Å². The van der Waals surface area contributed by atoms with E-state index in [1.807, 2.05) is 11.3 Å². The molecule has 5 aliphatic rings. The Balaban J connectivity index is 1.20. The fourth-order valence-corrected chi connectivity index (χ4v) is 15.4. The standard InChI is InChI=1S/C62H69BN2S/c1-35-24-52-56-53(25-35)65(49-30-43-40(26-37(49)3)57(4,5)20-22-59(43,8)9)51-31-44-42(61(12,13)34-62(44,14)15)29-46(51)63(56)47-33-55-39(28-50(47)64(52)48-19-17-16-18-36(48)2)38-27-41-45(32-54(38)66-55)60(10,11)23-21-58(41,6)7/h16-19,24-33H,20-23,34H2,1-15H3. The summed E-state index contributed by atoms with van der Waals surface area (Å²) in [6.07, 6.45) is 5.98. The maximum atomic E-state index is 2.74. The summed E-state index contributed by atoms with van der Waals surface area (Å²) in [5.41, 5.74) is 25.9. The molecule has 0 saturated carbocycles. The molecule has 0 N–H and O–H groups in total. The van der Waals surface area contributed by atoms with Gasteiger partial charge in [0, 0.05) is 54.3 Å². The van der Waals surface area contributed by atoms with Crippen LogP contribution in [0.4, 0.5) is 34.1 Å². The Labute approximate surface area is 399 Å². The lowest BCUT2D eigenvalue weighted by Gasteiger charge is -2.46. The van der Waals surface area contributed by atoms with E-state index in [0.717, 1.165) is 6.42 Å². The largest absolute Gasteiger partial charge is 0.311 e. The van der Waals surface area contributed by atoms with Crippen molar-refractivity contribution in [3.63, 3.8) is 0 Å². The van der Waals surface area contributed by atoms with Gasteiger partial charge in [-0.15, -0.1) is 11.3 Å². The lowest BCUT2D eigenvalue weighted by molar-refractivity contribution is 0.332. The third kappa shape index (κ3) is 5.78. The van der Waals surface area contributed by atoms with E-state index in [4.69, 9.17) is 0 Å². The summed E-state index contributed by atoms with van der Waals surface area (Å²) in [5, 5.41) is 2.80. The van der Waals surface area contributed by atoms with Crippen LogP contribution in [-0.4, -0.2) is 6.71 Å². The molecule has 2 nitrogen and oxygen atoms in total. The summed E-state index contributed by atoms with van der Waals surface area (Å²) in [7, 11) is 0. The minimum Gasteiger partial charge on any atom is -0.311 e. The molecule has 4 heteroatoms. The van der Waals surface area contributed by atoms with Crippen LogP contribution in [0.5, 0.6) is 0 Å². The van der Waals surface area contributed by atoms with Crippen LogP contribution in [0.2, 0.25) is 0 Å².